The van der Waals surface area contributed by atoms with E-state index in [0.717, 1.165) is 67.4 Å². The molecule has 2 heterocycles. The molecule has 1 aliphatic heterocycles. The van der Waals surface area contributed by atoms with Gasteiger partial charge in [0.05, 0.1) is 11.0 Å². The Labute approximate surface area is 231 Å². The Morgan fingerprint density at radius 1 is 1.03 bits per heavy atom. The van der Waals surface area contributed by atoms with E-state index in [1.807, 2.05) is 13.1 Å². The van der Waals surface area contributed by atoms with Crippen LogP contribution in [0.5, 0.6) is 0 Å². The van der Waals surface area contributed by atoms with Crippen LogP contribution in [0.4, 0.5) is 0 Å². The van der Waals surface area contributed by atoms with Crippen LogP contribution < -0.4 is 16.7 Å². The van der Waals surface area contributed by atoms with Crippen LogP contribution in [0.3, 0.4) is 0 Å². The number of hydrogen-bond acceptors (Lipinski definition) is 5. The van der Waals surface area contributed by atoms with Crippen LogP contribution in [0.15, 0.2) is 23.0 Å². The lowest BCUT2D eigenvalue weighted by molar-refractivity contribution is -0.135. The second kappa shape index (κ2) is 10.5. The van der Waals surface area contributed by atoms with E-state index in [1.165, 1.54) is 44.1 Å². The minimum absolute atomic E-state index is 0.189. The highest BCUT2D eigenvalue weighted by molar-refractivity contribution is 6.00. The first-order valence-electron chi connectivity index (χ1n) is 15.3. The van der Waals surface area contributed by atoms with Crippen molar-refractivity contribution in [2.75, 3.05) is 13.6 Å². The van der Waals surface area contributed by atoms with E-state index in [2.05, 4.69) is 29.4 Å². The first kappa shape index (κ1) is 26.8. The molecule has 0 spiro atoms. The minimum atomic E-state index is -0.662. The molecule has 4 aliphatic carbocycles. The monoisotopic (exact) mass is 535 g/mol. The molecule has 8 nitrogen and oxygen atoms in total. The van der Waals surface area contributed by atoms with Gasteiger partial charge >= 0.3 is 5.69 Å². The Hall–Kier alpha value is -2.45. The Morgan fingerprint density at radius 2 is 1.69 bits per heavy atom. The summed E-state index contributed by atoms with van der Waals surface area (Å²) in [6, 6.07) is 5.76. The SMILES string of the molecule is CN(C(CCCCCCN)c1cccc2c1n(C)c(=O)n2C1CCC(=O)NC1=O)C12CC3CC(CC(C3)C1)C2. The normalized spacial score (nSPS) is 30.9. The number of imidazole rings is 1. The number of imide groups is 1. The number of benzene rings is 1. The number of nitrogens with two attached hydrogens (primary N) is 1. The van der Waals surface area contributed by atoms with Crippen LogP contribution in [0.1, 0.15) is 101 Å². The van der Waals surface area contributed by atoms with Crippen LogP contribution in [0, 0.1) is 17.8 Å². The lowest BCUT2D eigenvalue weighted by Gasteiger charge is -2.61. The third kappa shape index (κ3) is 4.67. The molecule has 1 aromatic carbocycles. The van der Waals surface area contributed by atoms with Gasteiger partial charge in [0.25, 0.3) is 0 Å². The van der Waals surface area contributed by atoms with E-state index in [4.69, 9.17) is 5.73 Å². The van der Waals surface area contributed by atoms with Crippen molar-refractivity contribution in [1.82, 2.24) is 19.4 Å². The minimum Gasteiger partial charge on any atom is -0.330 e. The van der Waals surface area contributed by atoms with Crippen molar-refractivity contribution in [3.8, 4) is 0 Å². The maximum absolute atomic E-state index is 13.6. The van der Waals surface area contributed by atoms with Gasteiger partial charge in [-0.1, -0.05) is 31.4 Å². The molecule has 4 bridgehead atoms. The van der Waals surface area contributed by atoms with E-state index in [0.29, 0.717) is 6.42 Å². The molecule has 7 rings (SSSR count). The summed E-state index contributed by atoms with van der Waals surface area (Å²) >= 11 is 0. The molecule has 5 aliphatic rings. The number of piperidine rings is 1. The van der Waals surface area contributed by atoms with Crippen LogP contribution in [0.25, 0.3) is 11.0 Å². The molecule has 8 heteroatoms. The summed E-state index contributed by atoms with van der Waals surface area (Å²) in [7, 11) is 4.19. The third-order valence-corrected chi connectivity index (χ3v) is 10.7. The van der Waals surface area contributed by atoms with Gasteiger partial charge in [0.15, 0.2) is 0 Å². The van der Waals surface area contributed by atoms with Crippen molar-refractivity contribution < 1.29 is 9.59 Å². The number of amides is 2. The summed E-state index contributed by atoms with van der Waals surface area (Å²) in [6.45, 7) is 0.742. The molecular formula is C31H45N5O3. The molecule has 2 atom stereocenters. The number of unbranched alkanes of at least 4 members (excludes halogenated alkanes) is 3. The van der Waals surface area contributed by atoms with Crippen molar-refractivity contribution in [3.63, 3.8) is 0 Å². The second-order valence-electron chi connectivity index (χ2n) is 13.2. The Kier molecular flexibility index (Phi) is 7.21. The molecule has 0 radical (unpaired) electrons. The van der Waals surface area contributed by atoms with Gasteiger partial charge in [-0.15, -0.1) is 0 Å². The maximum Gasteiger partial charge on any atom is 0.329 e. The first-order chi connectivity index (χ1) is 18.8. The third-order valence-electron chi connectivity index (χ3n) is 10.7. The fraction of sp³-hybridized carbons (Fsp3) is 0.710. The number of aryl methyl sites for hydroxylation is 1. The lowest BCUT2D eigenvalue weighted by Crippen LogP contribution is -2.59. The Morgan fingerprint density at radius 3 is 2.33 bits per heavy atom. The molecule has 3 N–H and O–H groups in total. The van der Waals surface area contributed by atoms with Gasteiger partial charge in [0, 0.05) is 25.0 Å². The van der Waals surface area contributed by atoms with Crippen LogP contribution in [-0.4, -0.2) is 45.0 Å². The van der Waals surface area contributed by atoms with Gasteiger partial charge < -0.3 is 5.73 Å². The number of hydrogen-bond donors (Lipinski definition) is 2. The van der Waals surface area contributed by atoms with Gasteiger partial charge in [-0.2, -0.15) is 0 Å². The van der Waals surface area contributed by atoms with Crippen molar-refractivity contribution >= 4 is 22.8 Å². The second-order valence-corrected chi connectivity index (χ2v) is 13.2. The molecule has 1 saturated heterocycles. The predicted molar refractivity (Wildman–Crippen MR) is 152 cm³/mol. The molecule has 212 valence electrons. The number of nitrogens with one attached hydrogen (secondary N) is 1. The molecule has 2 aromatic rings. The van der Waals surface area contributed by atoms with Gasteiger partial charge in [-0.05, 0) is 101 Å². The standard InChI is InChI=1S/C31H45N5O3/c1-34-28-23(8-7-10-25(28)36(30(34)39)26-11-12-27(37)33-29(26)38)24(9-5-3-4-6-13-32)35(2)31-17-20-14-21(18-31)16-22(15-20)19-31/h7-8,10,20-22,24,26H,3-6,9,11-19,32H2,1-2H3,(H,33,37,38). The summed E-state index contributed by atoms with van der Waals surface area (Å²) < 4.78 is 3.37. The molecular weight excluding hydrogens is 490 g/mol. The quantitative estimate of drug-likeness (QED) is 0.351. The van der Waals surface area contributed by atoms with Gasteiger partial charge in [-0.25, -0.2) is 4.79 Å². The van der Waals surface area contributed by atoms with Crippen molar-refractivity contribution in [3.05, 3.63) is 34.2 Å². The number of nitrogens with zero attached hydrogens (tertiary/aromatic N) is 3. The van der Waals surface area contributed by atoms with E-state index < -0.39 is 6.04 Å². The average Bonchev–Trinajstić information content (AvgIpc) is 3.15. The fourth-order valence-electron chi connectivity index (χ4n) is 9.19. The highest BCUT2D eigenvalue weighted by Crippen LogP contribution is 2.59. The van der Waals surface area contributed by atoms with Gasteiger partial charge in [0.2, 0.25) is 11.8 Å². The highest BCUT2D eigenvalue weighted by Gasteiger charge is 2.54. The number of aromatic nitrogens is 2. The van der Waals surface area contributed by atoms with Gasteiger partial charge in [0.1, 0.15) is 6.04 Å². The fourth-order valence-corrected chi connectivity index (χ4v) is 9.19. The summed E-state index contributed by atoms with van der Waals surface area (Å²) in [6.07, 6.45) is 14.3. The number of rotatable bonds is 10. The number of fused-ring (bicyclic) bond motifs is 1. The number of para-hydroxylation sites is 1. The summed E-state index contributed by atoms with van der Waals surface area (Å²) in [5.74, 6) is 1.93. The molecule has 2 unspecified atom stereocenters. The first-order valence-corrected chi connectivity index (χ1v) is 15.3. The predicted octanol–water partition coefficient (Wildman–Crippen LogP) is 4.17. The Balaban J connectivity index is 1.40. The molecule has 4 saturated carbocycles. The number of carbonyl (C=O) groups is 2. The highest BCUT2D eigenvalue weighted by atomic mass is 16.2. The van der Waals surface area contributed by atoms with Crippen molar-refractivity contribution in [2.45, 2.75) is 101 Å². The Bertz CT molecular complexity index is 1270. The number of carbonyl (C=O) groups excluding carboxylic acids is 2. The molecule has 5 fully saturated rings. The van der Waals surface area contributed by atoms with E-state index in [-0.39, 0.29) is 35.5 Å². The zero-order valence-corrected chi connectivity index (χ0v) is 23.7. The van der Waals surface area contributed by atoms with Crippen molar-refractivity contribution in [2.24, 2.45) is 30.5 Å². The van der Waals surface area contributed by atoms with E-state index in [9.17, 15) is 14.4 Å². The lowest BCUT2D eigenvalue weighted by atomic mass is 9.52. The van der Waals surface area contributed by atoms with Crippen LogP contribution in [0.2, 0.25) is 0 Å². The van der Waals surface area contributed by atoms with E-state index >= 15 is 0 Å². The summed E-state index contributed by atoms with van der Waals surface area (Å²) in [5.41, 5.74) is 8.72. The van der Waals surface area contributed by atoms with E-state index in [1.54, 1.807) is 9.13 Å². The molecule has 39 heavy (non-hydrogen) atoms. The molecule has 1 aromatic heterocycles. The topological polar surface area (TPSA) is 102 Å². The summed E-state index contributed by atoms with van der Waals surface area (Å²) in [5, 5.41) is 2.44. The summed E-state index contributed by atoms with van der Waals surface area (Å²) in [4.78, 5) is 41.0. The molecule has 2 amide bonds. The van der Waals surface area contributed by atoms with Crippen molar-refractivity contribution in [1.29, 1.82) is 0 Å². The smallest absolute Gasteiger partial charge is 0.329 e. The zero-order chi connectivity index (χ0) is 27.3. The van der Waals surface area contributed by atoms with Crippen LogP contribution in [-0.2, 0) is 16.6 Å². The van der Waals surface area contributed by atoms with Crippen LogP contribution >= 0.6 is 0 Å². The zero-order valence-electron chi connectivity index (χ0n) is 23.7. The van der Waals surface area contributed by atoms with Gasteiger partial charge in [-0.3, -0.25) is 28.9 Å². The average molecular weight is 536 g/mol. The maximum atomic E-state index is 13.6. The largest absolute Gasteiger partial charge is 0.330 e.